The minimum absolute atomic E-state index is 0.0524. The Hall–Kier alpha value is -2.80. The van der Waals surface area contributed by atoms with Crippen LogP contribution in [0, 0.1) is 16.0 Å². The number of pyridine rings is 1. The van der Waals surface area contributed by atoms with Crippen LogP contribution in [0.1, 0.15) is 36.7 Å². The Morgan fingerprint density at radius 3 is 2.31 bits per heavy atom. The largest absolute Gasteiger partial charge is 0.320 e. The lowest BCUT2D eigenvalue weighted by Gasteiger charge is -2.31. The highest BCUT2D eigenvalue weighted by atomic mass is 16.6. The van der Waals surface area contributed by atoms with Crippen molar-refractivity contribution in [3.05, 3.63) is 63.8 Å². The third-order valence-electron chi connectivity index (χ3n) is 5.63. The number of hydrogen-bond acceptors (Lipinski definition) is 4. The summed E-state index contributed by atoms with van der Waals surface area (Å²) in [7, 11) is 0. The minimum Gasteiger partial charge on any atom is -0.320 e. The van der Waals surface area contributed by atoms with Gasteiger partial charge in [0.2, 0.25) is 5.78 Å². The fourth-order valence-corrected chi connectivity index (χ4v) is 3.90. The zero-order valence-electron chi connectivity index (χ0n) is 17.4. The van der Waals surface area contributed by atoms with Crippen molar-refractivity contribution in [3.63, 3.8) is 0 Å². The topological polar surface area (TPSA) is 82.0 Å². The molecule has 0 radical (unpaired) electrons. The molecule has 1 saturated heterocycles. The third kappa shape index (κ3) is 5.17. The van der Waals surface area contributed by atoms with Crippen LogP contribution in [0.4, 0.5) is 11.5 Å². The Kier molecular flexibility index (Phi) is 6.59. The molecule has 3 rings (SSSR count). The number of benzene rings is 1. The molecule has 2 aromatic rings. The molecule has 0 spiro atoms. The molecule has 1 aliphatic rings. The normalized spacial score (nSPS) is 16.1. The van der Waals surface area contributed by atoms with Crippen molar-refractivity contribution in [2.75, 3.05) is 31.1 Å². The molecule has 1 aromatic carbocycles. The molecule has 1 aliphatic heterocycles. The number of anilines is 1. The summed E-state index contributed by atoms with van der Waals surface area (Å²) in [4.78, 5) is 29.8. The molecule has 0 aliphatic carbocycles. The number of rotatable bonds is 7. The molecule has 2 heterocycles. The van der Waals surface area contributed by atoms with Crippen molar-refractivity contribution in [1.29, 1.82) is 0 Å². The van der Waals surface area contributed by atoms with Crippen LogP contribution in [-0.4, -0.2) is 42.9 Å². The first-order valence-electron chi connectivity index (χ1n) is 10.2. The van der Waals surface area contributed by atoms with Gasteiger partial charge in [-0.05, 0) is 24.8 Å². The number of piperazine rings is 1. The van der Waals surface area contributed by atoms with Crippen LogP contribution in [0.3, 0.4) is 0 Å². The van der Waals surface area contributed by atoms with Crippen molar-refractivity contribution >= 4 is 17.3 Å². The van der Waals surface area contributed by atoms with E-state index in [2.05, 4.69) is 35.9 Å². The Labute approximate surface area is 171 Å². The number of aromatic amines is 1. The standard InChI is InChI=1S/C22H28N4O3/c1-16(2)14-18-4-6-19(7-5-18)22(27)17(3)24-10-12-25(13-11-24)21-9-8-20(15-23-21)26(28)29/h4-9,15-17H,10-14H2,1-3H3/p+2/t17-/m0/s1. The molecule has 1 atom stereocenters. The number of carbonyl (C=O) groups excluding carboxylic acids is 1. The summed E-state index contributed by atoms with van der Waals surface area (Å²) in [5, 5.41) is 10.8. The number of Topliss-reactive ketones (excluding diaryl/α,β-unsaturated/α-hetero) is 1. The molecule has 0 unspecified atom stereocenters. The van der Waals surface area contributed by atoms with E-state index in [9.17, 15) is 14.9 Å². The maximum absolute atomic E-state index is 12.9. The predicted octanol–water partition coefficient (Wildman–Crippen LogP) is 1.58. The lowest BCUT2D eigenvalue weighted by atomic mass is 9.98. The summed E-state index contributed by atoms with van der Waals surface area (Å²) < 4.78 is 0. The van der Waals surface area contributed by atoms with Crippen LogP contribution >= 0.6 is 0 Å². The number of hydrogen-bond donors (Lipinski definition) is 1. The number of H-pyrrole nitrogens is 1. The number of ketones is 1. The Bertz CT molecular complexity index is 841. The average Bonchev–Trinajstić information content (AvgIpc) is 2.73. The lowest BCUT2D eigenvalue weighted by molar-refractivity contribution is -0.914. The van der Waals surface area contributed by atoms with Gasteiger partial charge in [0.15, 0.2) is 6.20 Å². The van der Waals surface area contributed by atoms with Gasteiger partial charge in [0.1, 0.15) is 32.2 Å². The lowest BCUT2D eigenvalue weighted by Crippen LogP contribution is -3.18. The maximum Gasteiger partial charge on any atom is 0.308 e. The minimum atomic E-state index is -0.412. The van der Waals surface area contributed by atoms with E-state index >= 15 is 0 Å². The summed E-state index contributed by atoms with van der Waals surface area (Å²) in [6.07, 6.45) is 2.45. The quantitative estimate of drug-likeness (QED) is 0.436. The van der Waals surface area contributed by atoms with Crippen molar-refractivity contribution in [1.82, 2.24) is 0 Å². The summed E-state index contributed by atoms with van der Waals surface area (Å²) in [6, 6.07) is 11.2. The van der Waals surface area contributed by atoms with Crippen molar-refractivity contribution in [3.8, 4) is 0 Å². The first kappa shape index (κ1) is 20.9. The Morgan fingerprint density at radius 2 is 1.79 bits per heavy atom. The predicted molar refractivity (Wildman–Crippen MR) is 111 cm³/mol. The van der Waals surface area contributed by atoms with E-state index in [-0.39, 0.29) is 17.5 Å². The van der Waals surface area contributed by atoms with Crippen LogP contribution in [0.25, 0.3) is 0 Å². The van der Waals surface area contributed by atoms with Crippen LogP contribution < -0.4 is 14.8 Å². The zero-order chi connectivity index (χ0) is 21.0. The fourth-order valence-electron chi connectivity index (χ4n) is 3.90. The highest BCUT2D eigenvalue weighted by Crippen LogP contribution is 2.13. The molecule has 29 heavy (non-hydrogen) atoms. The number of aromatic nitrogens is 1. The van der Waals surface area contributed by atoms with Crippen LogP contribution in [-0.2, 0) is 6.42 Å². The van der Waals surface area contributed by atoms with Crippen molar-refractivity contribution in [2.45, 2.75) is 33.2 Å². The molecule has 0 amide bonds. The Morgan fingerprint density at radius 1 is 1.14 bits per heavy atom. The Balaban J connectivity index is 1.57. The van der Waals surface area contributed by atoms with Gasteiger partial charge in [-0.2, -0.15) is 0 Å². The van der Waals surface area contributed by atoms with Gasteiger partial charge in [0.05, 0.1) is 4.92 Å². The number of quaternary nitrogens is 1. The van der Waals surface area contributed by atoms with Gasteiger partial charge in [0, 0.05) is 17.7 Å². The van der Waals surface area contributed by atoms with Crippen LogP contribution in [0.2, 0.25) is 0 Å². The first-order valence-corrected chi connectivity index (χ1v) is 10.2. The van der Waals surface area contributed by atoms with Gasteiger partial charge >= 0.3 is 5.69 Å². The van der Waals surface area contributed by atoms with Gasteiger partial charge in [-0.3, -0.25) is 19.8 Å². The molecular formula is C22H30N4O3+2. The highest BCUT2D eigenvalue weighted by Gasteiger charge is 2.33. The van der Waals surface area contributed by atoms with Crippen LogP contribution in [0.15, 0.2) is 42.6 Å². The summed E-state index contributed by atoms with van der Waals surface area (Å²) in [6.45, 7) is 9.69. The van der Waals surface area contributed by atoms with E-state index in [1.807, 2.05) is 19.1 Å². The average molecular weight is 399 g/mol. The van der Waals surface area contributed by atoms with Gasteiger partial charge in [-0.1, -0.05) is 38.1 Å². The number of nitrogens with zero attached hydrogens (tertiary/aromatic N) is 2. The van der Waals surface area contributed by atoms with Gasteiger partial charge in [-0.15, -0.1) is 0 Å². The SMILES string of the molecule is CC(C)Cc1ccc(C(=O)[C@H](C)[NH+]2CCN(c3ccc([N+](=O)[O-])c[nH+]3)CC2)cc1. The molecule has 7 heteroatoms. The number of carbonyl (C=O) groups is 1. The second-order valence-electron chi connectivity index (χ2n) is 8.22. The number of nitrogens with one attached hydrogen (secondary N) is 2. The third-order valence-corrected chi connectivity index (χ3v) is 5.63. The first-order chi connectivity index (χ1) is 13.8. The van der Waals surface area contributed by atoms with Crippen molar-refractivity contribution in [2.24, 2.45) is 5.92 Å². The molecule has 1 fully saturated rings. The summed E-state index contributed by atoms with van der Waals surface area (Å²) >= 11 is 0. The second kappa shape index (κ2) is 9.13. The molecule has 2 N–H and O–H groups in total. The van der Waals surface area contributed by atoms with E-state index < -0.39 is 4.92 Å². The van der Waals surface area contributed by atoms with Crippen molar-refractivity contribution < 1.29 is 19.6 Å². The van der Waals surface area contributed by atoms with Gasteiger partial charge in [0.25, 0.3) is 5.82 Å². The van der Waals surface area contributed by atoms with E-state index in [0.717, 1.165) is 44.0 Å². The zero-order valence-corrected chi connectivity index (χ0v) is 17.4. The molecular weight excluding hydrogens is 368 g/mol. The number of nitro groups is 1. The molecule has 7 nitrogen and oxygen atoms in total. The molecule has 0 saturated carbocycles. The maximum atomic E-state index is 12.9. The van der Waals surface area contributed by atoms with Crippen LogP contribution in [0.5, 0.6) is 0 Å². The fraction of sp³-hybridized carbons (Fsp3) is 0.455. The van der Waals surface area contributed by atoms with E-state index in [4.69, 9.17) is 0 Å². The smallest absolute Gasteiger partial charge is 0.308 e. The monoisotopic (exact) mass is 398 g/mol. The molecule has 1 aromatic heterocycles. The highest BCUT2D eigenvalue weighted by molar-refractivity contribution is 5.99. The summed E-state index contributed by atoms with van der Waals surface area (Å²) in [5.74, 6) is 1.66. The molecule has 0 bridgehead atoms. The van der Waals surface area contributed by atoms with E-state index in [0.29, 0.717) is 5.92 Å². The van der Waals surface area contributed by atoms with Gasteiger partial charge < -0.3 is 4.90 Å². The second-order valence-corrected chi connectivity index (χ2v) is 8.22. The molecule has 154 valence electrons. The van der Waals surface area contributed by atoms with E-state index in [1.165, 1.54) is 22.7 Å². The van der Waals surface area contributed by atoms with E-state index in [1.54, 1.807) is 6.07 Å². The van der Waals surface area contributed by atoms with Gasteiger partial charge in [-0.25, -0.2) is 4.98 Å². The summed E-state index contributed by atoms with van der Waals surface area (Å²) in [5.41, 5.74) is 2.10.